The summed E-state index contributed by atoms with van der Waals surface area (Å²) in [5.41, 5.74) is 14.1. The minimum atomic E-state index is 0. The van der Waals surface area contributed by atoms with Crippen LogP contribution in [0.2, 0.25) is 0 Å². The summed E-state index contributed by atoms with van der Waals surface area (Å²) in [6.07, 6.45) is 2.91. The maximum absolute atomic E-state index is 6.71. The molecular formula is C50H56N4OPd. The van der Waals surface area contributed by atoms with Gasteiger partial charge < -0.3 is 9.30 Å². The second-order valence-electron chi connectivity index (χ2n) is 17.0. The van der Waals surface area contributed by atoms with Gasteiger partial charge in [0.05, 0.1) is 5.69 Å². The van der Waals surface area contributed by atoms with Crippen molar-refractivity contribution in [3.05, 3.63) is 130 Å². The van der Waals surface area contributed by atoms with Crippen molar-refractivity contribution in [3.63, 3.8) is 0 Å². The van der Waals surface area contributed by atoms with Gasteiger partial charge in [-0.15, -0.1) is 41.3 Å². The standard InChI is InChI=1S/C50H56N4O.Pd/c1-29(2)21-36-19-20-51-48(22-36)53-46-16-14-13-15-42(46)43-18-17-40(28-47(43)53)55-41-24-37(30(3)4)23-39(27-41)54-35(12)49(34(11)52-54)50-44(32(7)8)25-38(31(5)6)26-45(50)33(9)10;/h13-20,22-26,29-33H,21H2,1-12H3;/q-2;+2. The Hall–Kier alpha value is -4.50. The number of nitrogens with zero attached hydrogens (tertiary/aromatic N) is 4. The summed E-state index contributed by atoms with van der Waals surface area (Å²) in [7, 11) is 0. The Kier molecular flexibility index (Phi) is 12.2. The minimum Gasteiger partial charge on any atom is -0.509 e. The maximum Gasteiger partial charge on any atom is 2.00 e. The summed E-state index contributed by atoms with van der Waals surface area (Å²) in [6.45, 7) is 27.1. The third-order valence-corrected chi connectivity index (χ3v) is 10.9. The van der Waals surface area contributed by atoms with Gasteiger partial charge >= 0.3 is 20.4 Å². The SMILES string of the molecule is Cc1nn(-c2[c-]c(Oc3[c-]c4c(cc3)c3ccccc3n4-c3cc(CC(C)C)ccn3)cc(C(C)C)c2)c(C)c1-c1c(C(C)C)cc(C(C)C)cc1C(C)C.[Pd+2]. The van der Waals surface area contributed by atoms with Crippen LogP contribution in [0.4, 0.5) is 0 Å². The Balaban J connectivity index is 0.00000532. The van der Waals surface area contributed by atoms with Crippen LogP contribution in [0.1, 0.15) is 132 Å². The van der Waals surface area contributed by atoms with E-state index in [1.54, 1.807) is 0 Å². The predicted molar refractivity (Wildman–Crippen MR) is 230 cm³/mol. The molecule has 0 fully saturated rings. The number of benzene rings is 4. The fraction of sp³-hybridized carbons (Fsp3) is 0.360. The molecule has 0 saturated carbocycles. The van der Waals surface area contributed by atoms with Crippen LogP contribution in [-0.2, 0) is 26.8 Å². The van der Waals surface area contributed by atoms with Gasteiger partial charge in [0, 0.05) is 34.5 Å². The van der Waals surface area contributed by atoms with E-state index >= 15 is 0 Å². The molecule has 0 unspecified atom stereocenters. The molecule has 4 aromatic carbocycles. The number of hydrogen-bond donors (Lipinski definition) is 0. The topological polar surface area (TPSA) is 44.9 Å². The van der Waals surface area contributed by atoms with Crippen molar-refractivity contribution in [3.8, 4) is 34.1 Å². The first-order chi connectivity index (χ1) is 26.2. The van der Waals surface area contributed by atoms with E-state index in [-0.39, 0.29) is 26.3 Å². The van der Waals surface area contributed by atoms with E-state index in [9.17, 15) is 0 Å². The van der Waals surface area contributed by atoms with Gasteiger partial charge in [-0.3, -0.25) is 4.68 Å². The smallest absolute Gasteiger partial charge is 0.509 e. The van der Waals surface area contributed by atoms with Gasteiger partial charge in [0.2, 0.25) is 0 Å². The summed E-state index contributed by atoms with van der Waals surface area (Å²) in [5, 5.41) is 7.48. The van der Waals surface area contributed by atoms with Gasteiger partial charge in [0.25, 0.3) is 0 Å². The quantitative estimate of drug-likeness (QED) is 0.0963. The molecule has 0 atom stereocenters. The monoisotopic (exact) mass is 834 g/mol. The van der Waals surface area contributed by atoms with Gasteiger partial charge in [-0.1, -0.05) is 105 Å². The molecule has 0 N–H and O–H groups in total. The van der Waals surface area contributed by atoms with Crippen molar-refractivity contribution >= 4 is 21.8 Å². The molecule has 0 radical (unpaired) electrons. The van der Waals surface area contributed by atoms with Crippen molar-refractivity contribution in [1.82, 2.24) is 19.3 Å². The summed E-state index contributed by atoms with van der Waals surface area (Å²) in [6, 6.07) is 33.4. The van der Waals surface area contributed by atoms with Crippen LogP contribution in [0.25, 0.3) is 44.4 Å². The number of ether oxygens (including phenoxy) is 1. The van der Waals surface area contributed by atoms with Crippen LogP contribution >= 0.6 is 0 Å². The van der Waals surface area contributed by atoms with Crippen molar-refractivity contribution in [1.29, 1.82) is 0 Å². The average molecular weight is 835 g/mol. The van der Waals surface area contributed by atoms with Crippen molar-refractivity contribution in [2.24, 2.45) is 5.92 Å². The van der Waals surface area contributed by atoms with E-state index in [0.29, 0.717) is 35.2 Å². The number of hydrogen-bond acceptors (Lipinski definition) is 3. The molecule has 7 rings (SSSR count). The van der Waals surface area contributed by atoms with E-state index in [4.69, 9.17) is 14.8 Å². The molecule has 0 aliphatic rings. The molecule has 5 nitrogen and oxygen atoms in total. The minimum absolute atomic E-state index is 0. The molecular weight excluding hydrogens is 779 g/mol. The van der Waals surface area contributed by atoms with Gasteiger partial charge in [-0.2, -0.15) is 11.2 Å². The first-order valence-electron chi connectivity index (χ1n) is 20.1. The first kappa shape index (κ1) is 41.1. The average Bonchev–Trinajstić information content (AvgIpc) is 3.62. The summed E-state index contributed by atoms with van der Waals surface area (Å²) < 4.78 is 11.0. The predicted octanol–water partition coefficient (Wildman–Crippen LogP) is 13.7. The van der Waals surface area contributed by atoms with E-state index in [2.05, 4.69) is 171 Å². The summed E-state index contributed by atoms with van der Waals surface area (Å²) in [5.74, 6) is 4.17. The molecule has 56 heavy (non-hydrogen) atoms. The van der Waals surface area contributed by atoms with Crippen LogP contribution in [0, 0.1) is 31.9 Å². The molecule has 0 amide bonds. The van der Waals surface area contributed by atoms with Crippen LogP contribution in [-0.4, -0.2) is 19.3 Å². The molecule has 0 aliphatic heterocycles. The summed E-state index contributed by atoms with van der Waals surface area (Å²) in [4.78, 5) is 4.85. The first-order valence-corrected chi connectivity index (χ1v) is 20.1. The van der Waals surface area contributed by atoms with E-state index in [1.165, 1.54) is 33.4 Å². The van der Waals surface area contributed by atoms with E-state index < -0.39 is 0 Å². The molecule has 0 spiro atoms. The molecule has 292 valence electrons. The fourth-order valence-corrected chi connectivity index (χ4v) is 8.01. The second kappa shape index (κ2) is 16.5. The van der Waals surface area contributed by atoms with Crippen molar-refractivity contribution in [2.75, 3.05) is 0 Å². The summed E-state index contributed by atoms with van der Waals surface area (Å²) >= 11 is 0. The largest absolute Gasteiger partial charge is 2.00 e. The van der Waals surface area contributed by atoms with Crippen molar-refractivity contribution < 1.29 is 25.2 Å². The Morgan fingerprint density at radius 1 is 0.661 bits per heavy atom. The zero-order chi connectivity index (χ0) is 39.3. The van der Waals surface area contributed by atoms with Crippen LogP contribution in [0.15, 0.2) is 79.0 Å². The van der Waals surface area contributed by atoms with Gasteiger partial charge in [0.15, 0.2) is 0 Å². The van der Waals surface area contributed by atoms with Gasteiger partial charge in [0.1, 0.15) is 5.82 Å². The van der Waals surface area contributed by atoms with Gasteiger partial charge in [-0.05, 0) is 107 Å². The molecule has 0 aliphatic carbocycles. The molecule has 3 heterocycles. The maximum atomic E-state index is 6.71. The Morgan fingerprint density at radius 3 is 1.96 bits per heavy atom. The van der Waals surface area contributed by atoms with E-state index in [0.717, 1.165) is 56.7 Å². The van der Waals surface area contributed by atoms with Gasteiger partial charge in [-0.25, -0.2) is 4.98 Å². The van der Waals surface area contributed by atoms with Crippen LogP contribution < -0.4 is 4.74 Å². The van der Waals surface area contributed by atoms with Crippen molar-refractivity contribution in [2.45, 2.75) is 113 Å². The Labute approximate surface area is 348 Å². The number of pyridine rings is 1. The Bertz CT molecular complexity index is 2490. The van der Waals surface area contributed by atoms with E-state index in [1.807, 2.05) is 12.3 Å². The molecule has 7 aromatic rings. The number of fused-ring (bicyclic) bond motifs is 3. The molecule has 0 bridgehead atoms. The number of aromatic nitrogens is 4. The molecule has 6 heteroatoms. The zero-order valence-corrected chi connectivity index (χ0v) is 36.7. The number of para-hydroxylation sites is 1. The Morgan fingerprint density at radius 2 is 1.32 bits per heavy atom. The third-order valence-electron chi connectivity index (χ3n) is 10.9. The number of rotatable bonds is 11. The molecule has 3 aromatic heterocycles. The third kappa shape index (κ3) is 7.89. The second-order valence-corrected chi connectivity index (χ2v) is 17.0. The van der Waals surface area contributed by atoms with Crippen LogP contribution in [0.5, 0.6) is 11.5 Å². The molecule has 0 saturated heterocycles. The van der Waals surface area contributed by atoms with Crippen LogP contribution in [0.3, 0.4) is 0 Å². The fourth-order valence-electron chi connectivity index (χ4n) is 8.01. The zero-order valence-electron chi connectivity index (χ0n) is 35.1. The normalized spacial score (nSPS) is 11.9. The number of aryl methyl sites for hydroxylation is 1.